The van der Waals surface area contributed by atoms with Crippen molar-refractivity contribution in [2.45, 2.75) is 66.3 Å². The number of hydrogen-bond donors (Lipinski definition) is 0. The molecule has 0 saturated heterocycles. The molecule has 0 fully saturated rings. The maximum absolute atomic E-state index is 5.61. The summed E-state index contributed by atoms with van der Waals surface area (Å²) >= 11 is 1.72. The molecule has 1 atom stereocenters. The zero-order valence-corrected chi connectivity index (χ0v) is 31.4. The molecule has 5 rings (SSSR count). The Kier molecular flexibility index (Phi) is 14.1. The standard InChI is InChI=1S/C35H37N2S.3CH3.Hf/c1-21(2)27-15-11-16-28(22(3)4)33(27)37-34(32-24(6)18-23(5)19-25(32)7)35-36-31(20-38-35)30-17-10-13-26-12-8-9-14-29(26)30;;;;/h8-22,34H,1-7H3;3*1H3;/q4*-1;. The van der Waals surface area contributed by atoms with Gasteiger partial charge in [-0.25, -0.2) is 4.98 Å². The summed E-state index contributed by atoms with van der Waals surface area (Å²) in [5.74, 6) is 0.770. The second kappa shape index (κ2) is 15.8. The van der Waals surface area contributed by atoms with Crippen molar-refractivity contribution in [3.63, 3.8) is 0 Å². The first-order valence-electron chi connectivity index (χ1n) is 13.6. The van der Waals surface area contributed by atoms with Crippen LogP contribution in [0.1, 0.15) is 84.0 Å². The summed E-state index contributed by atoms with van der Waals surface area (Å²) in [6.45, 7) is 15.7. The minimum Gasteiger partial charge on any atom is -0.672 e. The van der Waals surface area contributed by atoms with Gasteiger partial charge in [-0.05, 0) is 66.1 Å². The van der Waals surface area contributed by atoms with Crippen molar-refractivity contribution in [3.05, 3.63) is 144 Å². The molecule has 0 N–H and O–H groups in total. The van der Waals surface area contributed by atoms with Gasteiger partial charge in [0.15, 0.2) is 0 Å². The molecule has 2 nitrogen and oxygen atoms in total. The first kappa shape index (κ1) is 37.5. The van der Waals surface area contributed by atoms with E-state index in [1.807, 2.05) is 0 Å². The third-order valence-electron chi connectivity index (χ3n) is 7.43. The Labute approximate surface area is 278 Å². The van der Waals surface area contributed by atoms with Gasteiger partial charge >= 0.3 is 0 Å². The quantitative estimate of drug-likeness (QED) is 0.121. The number of nitrogens with zero attached hydrogens (tertiary/aromatic N) is 2. The zero-order chi connectivity index (χ0) is 27.0. The van der Waals surface area contributed by atoms with Crippen LogP contribution in [0.2, 0.25) is 0 Å². The van der Waals surface area contributed by atoms with E-state index in [2.05, 4.69) is 127 Å². The summed E-state index contributed by atoms with van der Waals surface area (Å²) in [6, 6.07) is 26.1. The smallest absolute Gasteiger partial charge is 0.0831 e. The predicted molar refractivity (Wildman–Crippen MR) is 184 cm³/mol. The van der Waals surface area contributed by atoms with E-state index in [-0.39, 0.29) is 54.2 Å². The molecule has 0 aliphatic rings. The second-order valence-corrected chi connectivity index (χ2v) is 11.9. The van der Waals surface area contributed by atoms with Gasteiger partial charge in [-0.2, -0.15) is 0 Å². The largest absolute Gasteiger partial charge is 0.672 e. The molecule has 0 aliphatic carbocycles. The van der Waals surface area contributed by atoms with E-state index in [1.165, 1.54) is 49.7 Å². The summed E-state index contributed by atoms with van der Waals surface area (Å²) in [7, 11) is 0. The van der Waals surface area contributed by atoms with Crippen LogP contribution in [0.4, 0.5) is 5.69 Å². The summed E-state index contributed by atoms with van der Waals surface area (Å²) in [5.41, 5.74) is 11.0. The molecular weight excluding hydrogens is 695 g/mol. The second-order valence-electron chi connectivity index (χ2n) is 11.0. The van der Waals surface area contributed by atoms with Crippen LogP contribution in [0, 0.1) is 43.1 Å². The Balaban J connectivity index is 0.00000220. The summed E-state index contributed by atoms with van der Waals surface area (Å²) in [4.78, 5) is 5.28. The predicted octanol–water partition coefficient (Wildman–Crippen LogP) is 12.3. The Morgan fingerprint density at radius 1 is 0.714 bits per heavy atom. The molecule has 0 bridgehead atoms. The molecule has 0 aliphatic heterocycles. The summed E-state index contributed by atoms with van der Waals surface area (Å²) in [6.07, 6.45) is 0. The van der Waals surface area contributed by atoms with Crippen LogP contribution in [-0.4, -0.2) is 4.98 Å². The van der Waals surface area contributed by atoms with Crippen LogP contribution in [0.25, 0.3) is 27.3 Å². The molecule has 0 amide bonds. The third-order valence-corrected chi connectivity index (χ3v) is 8.33. The van der Waals surface area contributed by atoms with Gasteiger partial charge in [0.2, 0.25) is 0 Å². The monoisotopic (exact) mass is 742 g/mol. The molecule has 0 spiro atoms. The third kappa shape index (κ3) is 7.50. The van der Waals surface area contributed by atoms with Crippen molar-refractivity contribution in [2.24, 2.45) is 0 Å². The molecule has 5 aromatic rings. The van der Waals surface area contributed by atoms with E-state index >= 15 is 0 Å². The van der Waals surface area contributed by atoms with Gasteiger partial charge in [0, 0.05) is 36.8 Å². The van der Waals surface area contributed by atoms with E-state index < -0.39 is 0 Å². The van der Waals surface area contributed by atoms with Crippen LogP contribution >= 0.6 is 11.3 Å². The molecule has 42 heavy (non-hydrogen) atoms. The SMILES string of the molecule is Cc1cc(C)c(C([N-]c2c(C(C)C)cccc2C(C)C)c2nc(-c3cccc4ccccc34)cs2)c(C)c1.[CH3-].[CH3-].[CH3-].[Hf]. The number of aryl methyl sites for hydroxylation is 3. The van der Waals surface area contributed by atoms with Gasteiger partial charge in [-0.15, -0.1) is 17.0 Å². The Bertz CT molecular complexity index is 1540. The van der Waals surface area contributed by atoms with Gasteiger partial charge in [0.25, 0.3) is 0 Å². The van der Waals surface area contributed by atoms with E-state index in [1.54, 1.807) is 11.3 Å². The topological polar surface area (TPSA) is 27.0 Å². The molecule has 1 unspecified atom stereocenters. The van der Waals surface area contributed by atoms with Crippen LogP contribution < -0.4 is 0 Å². The van der Waals surface area contributed by atoms with E-state index in [9.17, 15) is 0 Å². The fourth-order valence-corrected chi connectivity index (χ4v) is 6.50. The molecule has 0 radical (unpaired) electrons. The number of aromatic nitrogens is 1. The number of hydrogen-bond acceptors (Lipinski definition) is 2. The van der Waals surface area contributed by atoms with Crippen molar-refractivity contribution < 1.29 is 25.8 Å². The number of rotatable bonds is 7. The van der Waals surface area contributed by atoms with Crippen LogP contribution in [0.15, 0.2) is 78.2 Å². The number of para-hydroxylation sites is 1. The molecule has 0 saturated carbocycles. The number of thiazole rings is 1. The first-order valence-corrected chi connectivity index (χ1v) is 14.5. The van der Waals surface area contributed by atoms with E-state index in [4.69, 9.17) is 10.3 Å². The van der Waals surface area contributed by atoms with Crippen LogP contribution in [0.5, 0.6) is 0 Å². The minimum absolute atomic E-state index is 0. The van der Waals surface area contributed by atoms with Crippen LogP contribution in [0.3, 0.4) is 0 Å². The summed E-state index contributed by atoms with van der Waals surface area (Å²) in [5, 5.41) is 11.3. The molecular formula is C38H46HfN2S-4. The van der Waals surface area contributed by atoms with E-state index in [0.717, 1.165) is 16.4 Å². The van der Waals surface area contributed by atoms with Gasteiger partial charge in [0.05, 0.1) is 10.7 Å². The Hall–Kier alpha value is -2.56. The Morgan fingerprint density at radius 2 is 1.26 bits per heavy atom. The van der Waals surface area contributed by atoms with Crippen molar-refractivity contribution in [2.75, 3.05) is 0 Å². The number of benzene rings is 4. The average molecular weight is 741 g/mol. The minimum atomic E-state index is -0.165. The van der Waals surface area contributed by atoms with Crippen molar-refractivity contribution in [1.82, 2.24) is 4.98 Å². The van der Waals surface area contributed by atoms with Gasteiger partial charge in [-0.3, -0.25) is 0 Å². The molecule has 222 valence electrons. The van der Waals surface area contributed by atoms with E-state index in [0.29, 0.717) is 11.8 Å². The molecule has 1 heterocycles. The molecule has 4 heteroatoms. The zero-order valence-electron chi connectivity index (χ0n) is 27.0. The molecule has 1 aromatic heterocycles. The van der Waals surface area contributed by atoms with Crippen molar-refractivity contribution in [3.8, 4) is 11.3 Å². The normalized spacial score (nSPS) is 11.3. The number of fused-ring (bicyclic) bond motifs is 1. The fourth-order valence-electron chi connectivity index (χ4n) is 5.64. The maximum atomic E-state index is 5.61. The maximum Gasteiger partial charge on any atom is 0.0831 e. The summed E-state index contributed by atoms with van der Waals surface area (Å²) < 4.78 is 0. The Morgan fingerprint density at radius 3 is 1.86 bits per heavy atom. The average Bonchev–Trinajstić information content (AvgIpc) is 3.37. The van der Waals surface area contributed by atoms with Gasteiger partial charge < -0.3 is 27.6 Å². The fraction of sp³-hybridized carbons (Fsp3) is 0.263. The van der Waals surface area contributed by atoms with Crippen molar-refractivity contribution in [1.29, 1.82) is 0 Å². The van der Waals surface area contributed by atoms with Crippen LogP contribution in [-0.2, 0) is 25.8 Å². The van der Waals surface area contributed by atoms with Gasteiger partial charge in [-0.1, -0.05) is 117 Å². The van der Waals surface area contributed by atoms with Crippen molar-refractivity contribution >= 4 is 27.8 Å². The first-order chi connectivity index (χ1) is 18.2. The molecule has 4 aromatic carbocycles. The van der Waals surface area contributed by atoms with Gasteiger partial charge in [0.1, 0.15) is 0 Å².